The van der Waals surface area contributed by atoms with Gasteiger partial charge < -0.3 is 20.5 Å². The average molecular weight is 384 g/mol. The van der Waals surface area contributed by atoms with Crippen molar-refractivity contribution in [2.45, 2.75) is 26.4 Å². The molecule has 1 atom stereocenters. The standard InChI is InChI=1S/C22H28N2O4/c1-22(2,16-25)19(18-11-7-4-8-12-18)13-23-20(26)14-24-21(27)28-15-17-9-5-3-6-10-17/h3-12,19,25H,13-16H2,1-2H3,(H,23,26)(H,24,27)/t19-/m1/s1. The van der Waals surface area contributed by atoms with Crippen molar-refractivity contribution in [2.24, 2.45) is 5.41 Å². The van der Waals surface area contributed by atoms with Crippen molar-refractivity contribution in [1.82, 2.24) is 10.6 Å². The monoisotopic (exact) mass is 384 g/mol. The molecule has 0 aliphatic rings. The van der Waals surface area contributed by atoms with E-state index in [1.807, 2.05) is 74.5 Å². The van der Waals surface area contributed by atoms with Crippen molar-refractivity contribution in [2.75, 3.05) is 19.7 Å². The molecule has 2 aromatic rings. The summed E-state index contributed by atoms with van der Waals surface area (Å²) >= 11 is 0. The van der Waals surface area contributed by atoms with E-state index in [2.05, 4.69) is 10.6 Å². The van der Waals surface area contributed by atoms with Crippen molar-refractivity contribution in [3.63, 3.8) is 0 Å². The molecule has 0 unspecified atom stereocenters. The molecular weight excluding hydrogens is 356 g/mol. The number of hydrogen-bond acceptors (Lipinski definition) is 4. The Balaban J connectivity index is 1.80. The number of nitrogens with one attached hydrogen (secondary N) is 2. The molecule has 28 heavy (non-hydrogen) atoms. The Morgan fingerprint density at radius 2 is 1.61 bits per heavy atom. The van der Waals surface area contributed by atoms with Crippen LogP contribution < -0.4 is 10.6 Å². The first-order valence-corrected chi connectivity index (χ1v) is 9.29. The van der Waals surface area contributed by atoms with Gasteiger partial charge in [-0.3, -0.25) is 4.79 Å². The lowest BCUT2D eigenvalue weighted by atomic mass is 9.75. The van der Waals surface area contributed by atoms with Crippen LogP contribution in [0, 0.1) is 5.41 Å². The SMILES string of the molecule is CC(C)(CO)[C@H](CNC(=O)CNC(=O)OCc1ccccc1)c1ccccc1. The molecule has 2 rings (SSSR count). The van der Waals surface area contributed by atoms with E-state index in [0.717, 1.165) is 11.1 Å². The van der Waals surface area contributed by atoms with Crippen LogP contribution in [0.5, 0.6) is 0 Å². The first-order valence-electron chi connectivity index (χ1n) is 9.29. The third kappa shape index (κ3) is 6.70. The van der Waals surface area contributed by atoms with Crippen LogP contribution in [-0.4, -0.2) is 36.8 Å². The van der Waals surface area contributed by atoms with E-state index in [9.17, 15) is 14.7 Å². The molecule has 0 heterocycles. The van der Waals surface area contributed by atoms with Gasteiger partial charge in [-0.1, -0.05) is 74.5 Å². The molecule has 2 aromatic carbocycles. The summed E-state index contributed by atoms with van der Waals surface area (Å²) in [6.07, 6.45) is -0.644. The van der Waals surface area contributed by atoms with Gasteiger partial charge in [-0.2, -0.15) is 0 Å². The van der Waals surface area contributed by atoms with Gasteiger partial charge in [0, 0.05) is 19.1 Å². The van der Waals surface area contributed by atoms with Crippen LogP contribution in [0.2, 0.25) is 0 Å². The fourth-order valence-electron chi connectivity index (χ4n) is 2.85. The van der Waals surface area contributed by atoms with Gasteiger partial charge in [0.25, 0.3) is 0 Å². The Labute approximate surface area is 165 Å². The summed E-state index contributed by atoms with van der Waals surface area (Å²) in [4.78, 5) is 23.9. The van der Waals surface area contributed by atoms with Gasteiger partial charge in [-0.25, -0.2) is 4.79 Å². The zero-order valence-electron chi connectivity index (χ0n) is 16.4. The van der Waals surface area contributed by atoms with Crippen molar-refractivity contribution in [3.8, 4) is 0 Å². The largest absolute Gasteiger partial charge is 0.445 e. The third-order valence-corrected chi connectivity index (χ3v) is 4.66. The number of hydrogen-bond donors (Lipinski definition) is 3. The first kappa shape index (κ1) is 21.4. The minimum atomic E-state index is -0.644. The van der Waals surface area contributed by atoms with E-state index in [4.69, 9.17) is 4.74 Å². The number of ether oxygens (including phenoxy) is 1. The second kappa shape index (κ2) is 10.5. The summed E-state index contributed by atoms with van der Waals surface area (Å²) in [5, 5.41) is 15.0. The zero-order chi connectivity index (χ0) is 20.4. The van der Waals surface area contributed by atoms with E-state index in [-0.39, 0.29) is 31.6 Å². The Hall–Kier alpha value is -2.86. The van der Waals surface area contributed by atoms with Gasteiger partial charge in [0.1, 0.15) is 6.61 Å². The molecule has 0 aliphatic carbocycles. The molecule has 0 fully saturated rings. The summed E-state index contributed by atoms with van der Waals surface area (Å²) in [6.45, 7) is 4.24. The average Bonchev–Trinajstić information content (AvgIpc) is 2.72. The quantitative estimate of drug-likeness (QED) is 0.620. The Bertz CT molecular complexity index is 748. The van der Waals surface area contributed by atoms with E-state index >= 15 is 0 Å². The summed E-state index contributed by atoms with van der Waals surface area (Å²) in [6, 6.07) is 19.1. The lowest BCUT2D eigenvalue weighted by molar-refractivity contribution is -0.120. The zero-order valence-corrected chi connectivity index (χ0v) is 16.4. The lowest BCUT2D eigenvalue weighted by Gasteiger charge is -2.33. The molecule has 0 spiro atoms. The highest BCUT2D eigenvalue weighted by Crippen LogP contribution is 2.34. The fourth-order valence-corrected chi connectivity index (χ4v) is 2.85. The molecule has 0 saturated carbocycles. The normalized spacial score (nSPS) is 12.1. The van der Waals surface area contributed by atoms with Crippen LogP contribution >= 0.6 is 0 Å². The molecule has 0 bridgehead atoms. The number of carbonyl (C=O) groups excluding carboxylic acids is 2. The highest BCUT2D eigenvalue weighted by Gasteiger charge is 2.30. The van der Waals surface area contributed by atoms with Crippen LogP contribution in [0.4, 0.5) is 4.79 Å². The highest BCUT2D eigenvalue weighted by atomic mass is 16.5. The summed E-state index contributed by atoms with van der Waals surface area (Å²) in [5.41, 5.74) is 1.51. The number of aliphatic hydroxyl groups is 1. The maximum atomic E-state index is 12.1. The van der Waals surface area contributed by atoms with Crippen LogP contribution in [0.15, 0.2) is 60.7 Å². The predicted molar refractivity (Wildman–Crippen MR) is 108 cm³/mol. The summed E-state index contributed by atoms with van der Waals surface area (Å²) in [7, 11) is 0. The molecule has 6 heteroatoms. The third-order valence-electron chi connectivity index (χ3n) is 4.66. The number of carbonyl (C=O) groups is 2. The molecule has 3 N–H and O–H groups in total. The Morgan fingerprint density at radius 1 is 1.00 bits per heavy atom. The van der Waals surface area contributed by atoms with Crippen molar-refractivity contribution in [3.05, 3.63) is 71.8 Å². The summed E-state index contributed by atoms with van der Waals surface area (Å²) in [5.74, 6) is -0.376. The maximum absolute atomic E-state index is 12.1. The maximum Gasteiger partial charge on any atom is 0.407 e. The van der Waals surface area contributed by atoms with Gasteiger partial charge in [0.05, 0.1) is 6.54 Å². The van der Waals surface area contributed by atoms with Gasteiger partial charge >= 0.3 is 6.09 Å². The van der Waals surface area contributed by atoms with Gasteiger partial charge in [-0.15, -0.1) is 0 Å². The topological polar surface area (TPSA) is 87.7 Å². The Morgan fingerprint density at radius 3 is 2.21 bits per heavy atom. The fraction of sp³-hybridized carbons (Fsp3) is 0.364. The molecule has 6 nitrogen and oxygen atoms in total. The second-order valence-electron chi connectivity index (χ2n) is 7.33. The number of rotatable bonds is 9. The molecular formula is C22H28N2O4. The van der Waals surface area contributed by atoms with Gasteiger partial charge in [0.2, 0.25) is 5.91 Å². The number of benzene rings is 2. The van der Waals surface area contributed by atoms with Crippen molar-refractivity contribution in [1.29, 1.82) is 0 Å². The van der Waals surface area contributed by atoms with E-state index < -0.39 is 11.5 Å². The van der Waals surface area contributed by atoms with E-state index in [0.29, 0.717) is 6.54 Å². The number of amides is 2. The van der Waals surface area contributed by atoms with Crippen molar-refractivity contribution >= 4 is 12.0 Å². The number of aliphatic hydroxyl groups excluding tert-OH is 1. The van der Waals surface area contributed by atoms with E-state index in [1.165, 1.54) is 0 Å². The minimum Gasteiger partial charge on any atom is -0.445 e. The molecule has 0 aromatic heterocycles. The van der Waals surface area contributed by atoms with Crippen LogP contribution in [0.1, 0.15) is 30.9 Å². The number of alkyl carbamates (subject to hydrolysis) is 1. The molecule has 2 amide bonds. The van der Waals surface area contributed by atoms with E-state index in [1.54, 1.807) is 0 Å². The second-order valence-corrected chi connectivity index (χ2v) is 7.33. The van der Waals surface area contributed by atoms with Gasteiger partial charge in [-0.05, 0) is 16.5 Å². The smallest absolute Gasteiger partial charge is 0.407 e. The molecule has 0 saturated heterocycles. The first-order chi connectivity index (χ1) is 13.4. The highest BCUT2D eigenvalue weighted by molar-refractivity contribution is 5.82. The van der Waals surface area contributed by atoms with Crippen molar-refractivity contribution < 1.29 is 19.4 Å². The van der Waals surface area contributed by atoms with Gasteiger partial charge in [0.15, 0.2) is 0 Å². The predicted octanol–water partition coefficient (Wildman–Crippen LogP) is 2.83. The Kier molecular flexibility index (Phi) is 8.02. The van der Waals surface area contributed by atoms with Crippen LogP contribution in [-0.2, 0) is 16.1 Å². The van der Waals surface area contributed by atoms with Crippen LogP contribution in [0.3, 0.4) is 0 Å². The summed E-state index contributed by atoms with van der Waals surface area (Å²) < 4.78 is 5.08. The van der Waals surface area contributed by atoms with Crippen LogP contribution in [0.25, 0.3) is 0 Å². The lowest BCUT2D eigenvalue weighted by Crippen LogP contribution is -2.41. The molecule has 0 aliphatic heterocycles. The minimum absolute atomic E-state index is 0.00745. The molecule has 150 valence electrons. The molecule has 0 radical (unpaired) electrons.